The maximum absolute atomic E-state index is 13.0. The number of hydrogen-bond acceptors (Lipinski definition) is 5. The Labute approximate surface area is 168 Å². The molecule has 3 fully saturated rings. The monoisotopic (exact) mass is 393 g/mol. The summed E-state index contributed by atoms with van der Waals surface area (Å²) in [7, 11) is 1.50. The van der Waals surface area contributed by atoms with Crippen molar-refractivity contribution in [2.24, 2.45) is 11.8 Å². The van der Waals surface area contributed by atoms with E-state index in [9.17, 15) is 14.4 Å². The fraction of sp³-hybridized carbons (Fsp3) is 0.429. The summed E-state index contributed by atoms with van der Waals surface area (Å²) in [4.78, 5) is 46.6. The number of para-hydroxylation sites is 1. The number of imide groups is 1. The number of carbonyl (C=O) groups is 3. The Hall–Kier alpha value is -3.00. The maximum Gasteiger partial charge on any atom is 0.325 e. The Bertz CT molecular complexity index is 977. The zero-order chi connectivity index (χ0) is 20.1. The van der Waals surface area contributed by atoms with E-state index in [-0.39, 0.29) is 24.0 Å². The molecule has 1 aromatic heterocycles. The van der Waals surface area contributed by atoms with Crippen LogP contribution in [0.5, 0.6) is 0 Å². The topological polar surface area (TPSA) is 85.8 Å². The average Bonchev–Trinajstić information content (AvgIpc) is 3.30. The number of rotatable bonds is 2. The van der Waals surface area contributed by atoms with Crippen LogP contribution in [0.15, 0.2) is 36.4 Å². The number of benzene rings is 1. The van der Waals surface area contributed by atoms with Crippen LogP contribution in [-0.4, -0.2) is 76.9 Å². The molecule has 8 nitrogen and oxygen atoms in total. The summed E-state index contributed by atoms with van der Waals surface area (Å²) >= 11 is 0. The van der Waals surface area contributed by atoms with E-state index in [1.165, 1.54) is 7.05 Å². The van der Waals surface area contributed by atoms with Crippen molar-refractivity contribution >= 4 is 28.7 Å². The van der Waals surface area contributed by atoms with Crippen molar-refractivity contribution < 1.29 is 14.4 Å². The fourth-order valence-electron chi connectivity index (χ4n) is 4.72. The van der Waals surface area contributed by atoms with Gasteiger partial charge in [-0.2, -0.15) is 0 Å². The van der Waals surface area contributed by atoms with Crippen LogP contribution in [0.2, 0.25) is 0 Å². The van der Waals surface area contributed by atoms with Crippen LogP contribution in [0.25, 0.3) is 10.9 Å². The number of pyridine rings is 1. The molecule has 3 aliphatic rings. The van der Waals surface area contributed by atoms with Crippen molar-refractivity contribution in [3.63, 3.8) is 0 Å². The van der Waals surface area contributed by atoms with Gasteiger partial charge in [-0.05, 0) is 24.0 Å². The highest BCUT2D eigenvalue weighted by atomic mass is 16.2. The molecular weight excluding hydrogens is 370 g/mol. The number of carbonyl (C=O) groups excluding carboxylic acids is 3. The average molecular weight is 393 g/mol. The summed E-state index contributed by atoms with van der Waals surface area (Å²) in [5, 5.41) is 3.93. The van der Waals surface area contributed by atoms with Gasteiger partial charge in [0.2, 0.25) is 5.91 Å². The Morgan fingerprint density at radius 1 is 1.03 bits per heavy atom. The first-order valence-corrected chi connectivity index (χ1v) is 9.96. The lowest BCUT2D eigenvalue weighted by Gasteiger charge is -2.35. The van der Waals surface area contributed by atoms with Crippen LogP contribution in [0.3, 0.4) is 0 Å². The number of nitrogens with one attached hydrogen (secondary N) is 1. The second-order valence-electron chi connectivity index (χ2n) is 8.20. The first kappa shape index (κ1) is 18.1. The largest absolute Gasteiger partial charge is 0.337 e. The highest BCUT2D eigenvalue weighted by Gasteiger charge is 2.45. The van der Waals surface area contributed by atoms with Crippen LogP contribution in [0.1, 0.15) is 16.9 Å². The van der Waals surface area contributed by atoms with E-state index in [2.05, 4.69) is 15.2 Å². The minimum atomic E-state index is -0.345. The quantitative estimate of drug-likeness (QED) is 0.827. The first-order chi connectivity index (χ1) is 14.0. The number of urea groups is 1. The molecular formula is C21H23N5O3. The second kappa shape index (κ2) is 6.81. The van der Waals surface area contributed by atoms with Crippen molar-refractivity contribution in [2.75, 3.05) is 33.2 Å². The smallest absolute Gasteiger partial charge is 0.325 e. The molecule has 4 heterocycles. The standard InChI is InChI=1S/C21H23N5O3/c1-24-19(27)8-18(23-21(24)29)25-9-14-11-26(12-15(14)10-25)20(28)17-7-6-13-4-2-3-5-16(13)22-17/h2-7,14-15,18H,8-12H2,1H3,(H,23,29). The highest BCUT2D eigenvalue weighted by Crippen LogP contribution is 2.33. The molecule has 3 unspecified atom stereocenters. The molecule has 0 saturated carbocycles. The van der Waals surface area contributed by atoms with Crippen molar-refractivity contribution in [1.29, 1.82) is 0 Å². The zero-order valence-corrected chi connectivity index (χ0v) is 16.2. The number of hydrogen-bond donors (Lipinski definition) is 1. The molecule has 2 aromatic rings. The Morgan fingerprint density at radius 2 is 1.76 bits per heavy atom. The normalized spacial score (nSPS) is 27.4. The molecule has 8 heteroatoms. The number of aromatic nitrogens is 1. The van der Waals surface area contributed by atoms with Gasteiger partial charge in [-0.1, -0.05) is 24.3 Å². The summed E-state index contributed by atoms with van der Waals surface area (Å²) in [6, 6.07) is 11.2. The Balaban J connectivity index is 1.24. The van der Waals surface area contributed by atoms with E-state index in [0.717, 1.165) is 28.9 Å². The predicted octanol–water partition coefficient (Wildman–Crippen LogP) is 1.14. The molecule has 150 valence electrons. The minimum Gasteiger partial charge on any atom is -0.337 e. The lowest BCUT2D eigenvalue weighted by atomic mass is 10.0. The van der Waals surface area contributed by atoms with E-state index in [0.29, 0.717) is 37.0 Å². The summed E-state index contributed by atoms with van der Waals surface area (Å²) in [6.07, 6.45) is 0.0498. The zero-order valence-electron chi connectivity index (χ0n) is 16.2. The molecule has 3 saturated heterocycles. The van der Waals surface area contributed by atoms with E-state index in [4.69, 9.17) is 0 Å². The number of likely N-dealkylation sites (tertiary alicyclic amines) is 2. The van der Waals surface area contributed by atoms with E-state index < -0.39 is 0 Å². The molecule has 0 aliphatic carbocycles. The minimum absolute atomic E-state index is 0.0283. The van der Waals surface area contributed by atoms with E-state index >= 15 is 0 Å². The third-order valence-corrected chi connectivity index (χ3v) is 6.40. The molecule has 1 N–H and O–H groups in total. The summed E-state index contributed by atoms with van der Waals surface area (Å²) in [6.45, 7) is 2.93. The van der Waals surface area contributed by atoms with Gasteiger partial charge in [-0.3, -0.25) is 19.4 Å². The van der Waals surface area contributed by atoms with E-state index in [1.807, 2.05) is 35.2 Å². The maximum atomic E-state index is 13.0. The molecule has 5 rings (SSSR count). The molecule has 0 radical (unpaired) electrons. The summed E-state index contributed by atoms with van der Waals surface area (Å²) in [5.74, 6) is 0.520. The summed E-state index contributed by atoms with van der Waals surface area (Å²) < 4.78 is 0. The molecule has 0 bridgehead atoms. The Morgan fingerprint density at radius 3 is 2.48 bits per heavy atom. The van der Waals surface area contributed by atoms with Gasteiger partial charge < -0.3 is 10.2 Å². The second-order valence-corrected chi connectivity index (χ2v) is 8.20. The third-order valence-electron chi connectivity index (χ3n) is 6.40. The van der Waals surface area contributed by atoms with Gasteiger partial charge in [0.05, 0.1) is 18.1 Å². The third kappa shape index (κ3) is 3.13. The molecule has 1 aromatic carbocycles. The van der Waals surface area contributed by atoms with Crippen LogP contribution in [-0.2, 0) is 4.79 Å². The van der Waals surface area contributed by atoms with Crippen LogP contribution >= 0.6 is 0 Å². The highest BCUT2D eigenvalue weighted by molar-refractivity contribution is 5.97. The van der Waals surface area contributed by atoms with Gasteiger partial charge in [-0.25, -0.2) is 9.78 Å². The lowest BCUT2D eigenvalue weighted by molar-refractivity contribution is -0.130. The van der Waals surface area contributed by atoms with Crippen molar-refractivity contribution in [3.8, 4) is 0 Å². The van der Waals surface area contributed by atoms with Crippen molar-refractivity contribution in [3.05, 3.63) is 42.1 Å². The SMILES string of the molecule is CN1C(=O)CC(N2CC3CN(C(=O)c4ccc5ccccc5n4)CC3C2)NC1=O. The summed E-state index contributed by atoms with van der Waals surface area (Å²) in [5.41, 5.74) is 1.31. The van der Waals surface area contributed by atoms with Gasteiger partial charge in [0.15, 0.2) is 0 Å². The van der Waals surface area contributed by atoms with Gasteiger partial charge in [0, 0.05) is 38.6 Å². The van der Waals surface area contributed by atoms with Gasteiger partial charge in [0.1, 0.15) is 5.69 Å². The van der Waals surface area contributed by atoms with Crippen molar-refractivity contribution in [2.45, 2.75) is 12.6 Å². The van der Waals surface area contributed by atoms with Crippen LogP contribution < -0.4 is 5.32 Å². The number of fused-ring (bicyclic) bond motifs is 2. The lowest BCUT2D eigenvalue weighted by Crippen LogP contribution is -2.59. The van der Waals surface area contributed by atoms with Crippen LogP contribution in [0, 0.1) is 11.8 Å². The van der Waals surface area contributed by atoms with Crippen LogP contribution in [0.4, 0.5) is 4.79 Å². The Kier molecular flexibility index (Phi) is 4.24. The molecule has 3 aliphatic heterocycles. The van der Waals surface area contributed by atoms with Gasteiger partial charge >= 0.3 is 6.03 Å². The molecule has 29 heavy (non-hydrogen) atoms. The molecule has 4 amide bonds. The predicted molar refractivity (Wildman–Crippen MR) is 106 cm³/mol. The van der Waals surface area contributed by atoms with Gasteiger partial charge in [-0.15, -0.1) is 0 Å². The van der Waals surface area contributed by atoms with Gasteiger partial charge in [0.25, 0.3) is 5.91 Å². The van der Waals surface area contributed by atoms with E-state index in [1.54, 1.807) is 6.07 Å². The first-order valence-electron chi connectivity index (χ1n) is 9.96. The number of amides is 4. The molecule has 3 atom stereocenters. The molecule has 0 spiro atoms. The van der Waals surface area contributed by atoms with Crippen molar-refractivity contribution in [1.82, 2.24) is 25.0 Å². The number of nitrogens with zero attached hydrogens (tertiary/aromatic N) is 4. The fourth-order valence-corrected chi connectivity index (χ4v) is 4.72.